The summed E-state index contributed by atoms with van der Waals surface area (Å²) in [5, 5.41) is 31.5. The van der Waals surface area contributed by atoms with E-state index in [9.17, 15) is 9.59 Å². The average Bonchev–Trinajstić information content (AvgIpc) is 1.88. The van der Waals surface area contributed by atoms with E-state index in [0.717, 1.165) is 0 Å². The second-order valence-corrected chi connectivity index (χ2v) is 2.03. The largest absolute Gasteiger partial charge is 0.479 e. The maximum absolute atomic E-state index is 9.45. The summed E-state index contributed by atoms with van der Waals surface area (Å²) >= 11 is 0. The van der Waals surface area contributed by atoms with Gasteiger partial charge in [0.05, 0.1) is 0 Å². The van der Waals surface area contributed by atoms with Gasteiger partial charge in [0.1, 0.15) is 12.2 Å². The molecule has 0 aromatic carbocycles. The zero-order valence-electron chi connectivity index (χ0n) is 8.41. The number of aliphatic carboxylic acids is 2. The molecule has 0 heterocycles. The number of hydrogen-bond acceptors (Lipinski definition) is 4. The summed E-state index contributed by atoms with van der Waals surface area (Å²) in [6.45, 7) is 2.39. The minimum Gasteiger partial charge on any atom is -0.479 e. The molecule has 0 aromatic heterocycles. The summed E-state index contributed by atoms with van der Waals surface area (Å²) in [7, 11) is 0. The van der Waals surface area contributed by atoms with Crippen molar-refractivity contribution in [3.63, 3.8) is 0 Å². The molecule has 0 amide bonds. The normalized spacial score (nSPS) is 10.9. The molecule has 0 aliphatic carbocycles. The summed E-state index contributed by atoms with van der Waals surface area (Å²) in [5.41, 5.74) is 0. The van der Waals surface area contributed by atoms with Crippen LogP contribution in [-0.4, -0.2) is 50.0 Å². The SMILES string of the molecule is CC(O)C(=O)O.CC(O)C(=O)O.O.[La].[La]. The zero-order chi connectivity index (χ0) is 10.3. The molecule has 0 saturated carbocycles. The molecule has 0 bridgehead atoms. The van der Waals surface area contributed by atoms with Crippen molar-refractivity contribution in [1.29, 1.82) is 0 Å². The van der Waals surface area contributed by atoms with Crippen LogP contribution in [0.25, 0.3) is 0 Å². The van der Waals surface area contributed by atoms with Crippen LogP contribution in [0.2, 0.25) is 0 Å². The molecular weight excluding hydrogens is 462 g/mol. The van der Waals surface area contributed by atoms with E-state index in [0.29, 0.717) is 0 Å². The third-order valence-corrected chi connectivity index (χ3v) is 0.715. The molecule has 2 unspecified atom stereocenters. The Morgan fingerprint density at radius 1 is 0.867 bits per heavy atom. The van der Waals surface area contributed by atoms with Gasteiger partial charge in [-0.25, -0.2) is 9.59 Å². The monoisotopic (exact) mass is 476 g/mol. The van der Waals surface area contributed by atoms with Gasteiger partial charge in [0.15, 0.2) is 0 Å². The van der Waals surface area contributed by atoms with Gasteiger partial charge in [-0.05, 0) is 13.8 Å². The van der Waals surface area contributed by atoms with Gasteiger partial charge in [-0.15, -0.1) is 0 Å². The molecule has 9 heteroatoms. The van der Waals surface area contributed by atoms with Crippen molar-refractivity contribution in [3.05, 3.63) is 0 Å². The fraction of sp³-hybridized carbons (Fsp3) is 0.667. The Bertz CT molecular complexity index is 142. The Morgan fingerprint density at radius 2 is 0.933 bits per heavy atom. The number of carboxylic acid groups (broad SMARTS) is 2. The fourth-order valence-corrected chi connectivity index (χ4v) is 0. The first kappa shape index (κ1) is 29.8. The van der Waals surface area contributed by atoms with E-state index in [4.69, 9.17) is 20.4 Å². The third kappa shape index (κ3) is 31.3. The zero-order valence-corrected chi connectivity index (χ0v) is 15.7. The van der Waals surface area contributed by atoms with E-state index in [2.05, 4.69) is 0 Å². The molecule has 0 spiro atoms. The standard InChI is InChI=1S/2C3H6O3.2La.H2O/c2*1-2(4)3(5)6;;;/h2*2,4H,1H3,(H,5,6);;;1H2. The van der Waals surface area contributed by atoms with Gasteiger partial charge in [0.25, 0.3) is 0 Å². The van der Waals surface area contributed by atoms with Crippen LogP contribution in [0.5, 0.6) is 0 Å². The van der Waals surface area contributed by atoms with Crippen LogP contribution in [-0.2, 0) is 9.59 Å². The van der Waals surface area contributed by atoms with Gasteiger partial charge in [-0.2, -0.15) is 0 Å². The Balaban J connectivity index is -0.0000000370. The minimum atomic E-state index is -1.23. The van der Waals surface area contributed by atoms with Crippen LogP contribution >= 0.6 is 0 Å². The Hall–Kier alpha value is 1.21. The molecule has 0 fully saturated rings. The molecule has 6 N–H and O–H groups in total. The molecule has 86 valence electrons. The second kappa shape index (κ2) is 17.6. The van der Waals surface area contributed by atoms with Gasteiger partial charge in [-0.3, -0.25) is 0 Å². The van der Waals surface area contributed by atoms with Crippen molar-refractivity contribution >= 4 is 11.9 Å². The summed E-state index contributed by atoms with van der Waals surface area (Å²) in [4.78, 5) is 18.9. The Kier molecular flexibility index (Phi) is 35.0. The third-order valence-electron chi connectivity index (χ3n) is 0.715. The molecule has 7 nitrogen and oxygen atoms in total. The van der Waals surface area contributed by atoms with Gasteiger partial charge >= 0.3 is 11.9 Å². The predicted octanol–water partition coefficient (Wildman–Crippen LogP) is -1.92. The Labute approximate surface area is 143 Å². The Morgan fingerprint density at radius 3 is 0.933 bits per heavy atom. The molecule has 0 rings (SSSR count). The van der Waals surface area contributed by atoms with Gasteiger partial charge in [0, 0.05) is 71.2 Å². The van der Waals surface area contributed by atoms with Gasteiger partial charge in [0.2, 0.25) is 0 Å². The number of aliphatic hydroxyl groups is 2. The summed E-state index contributed by atoms with van der Waals surface area (Å²) in [5.74, 6) is -2.37. The molecule has 0 aromatic rings. The topological polar surface area (TPSA) is 147 Å². The van der Waals surface area contributed by atoms with Gasteiger partial charge in [-0.1, -0.05) is 0 Å². The van der Waals surface area contributed by atoms with Crippen LogP contribution in [0, 0.1) is 71.2 Å². The minimum absolute atomic E-state index is 0. The quantitative estimate of drug-likeness (QED) is 0.366. The number of hydrogen-bond donors (Lipinski definition) is 4. The van der Waals surface area contributed by atoms with Crippen molar-refractivity contribution in [2.45, 2.75) is 26.1 Å². The number of carbonyl (C=O) groups is 2. The van der Waals surface area contributed by atoms with Crippen LogP contribution in [0.3, 0.4) is 0 Å². The predicted molar refractivity (Wildman–Crippen MR) is 42.2 cm³/mol. The van der Waals surface area contributed by atoms with Gasteiger partial charge < -0.3 is 25.9 Å². The van der Waals surface area contributed by atoms with Crippen LogP contribution in [0.4, 0.5) is 0 Å². The molecule has 0 saturated heterocycles. The van der Waals surface area contributed by atoms with Crippen LogP contribution in [0.15, 0.2) is 0 Å². The number of rotatable bonds is 2. The van der Waals surface area contributed by atoms with E-state index in [1.54, 1.807) is 0 Å². The number of carboxylic acids is 2. The van der Waals surface area contributed by atoms with Crippen molar-refractivity contribution in [1.82, 2.24) is 0 Å². The molecule has 0 aliphatic rings. The molecular formula is C6H14La2O7. The smallest absolute Gasteiger partial charge is 0.332 e. The maximum Gasteiger partial charge on any atom is 0.332 e. The molecule has 0 aliphatic heterocycles. The first-order valence-corrected chi connectivity index (χ1v) is 3.10. The van der Waals surface area contributed by atoms with Crippen molar-refractivity contribution < 1.29 is 107 Å². The van der Waals surface area contributed by atoms with E-state index in [1.165, 1.54) is 13.8 Å². The summed E-state index contributed by atoms with van der Waals surface area (Å²) in [6.07, 6.45) is -2.46. The van der Waals surface area contributed by atoms with Crippen molar-refractivity contribution in [2.24, 2.45) is 0 Å². The molecule has 2 atom stereocenters. The second-order valence-electron chi connectivity index (χ2n) is 2.03. The van der Waals surface area contributed by atoms with E-state index in [-0.39, 0.29) is 76.7 Å². The first-order valence-electron chi connectivity index (χ1n) is 3.10. The van der Waals surface area contributed by atoms with Crippen molar-refractivity contribution in [2.75, 3.05) is 0 Å². The van der Waals surface area contributed by atoms with Crippen LogP contribution < -0.4 is 0 Å². The van der Waals surface area contributed by atoms with E-state index >= 15 is 0 Å². The number of aliphatic hydroxyl groups excluding tert-OH is 2. The first-order chi connectivity index (χ1) is 5.29. The molecule has 15 heavy (non-hydrogen) atoms. The maximum atomic E-state index is 9.45. The van der Waals surface area contributed by atoms with Crippen molar-refractivity contribution in [3.8, 4) is 0 Å². The summed E-state index contributed by atoms with van der Waals surface area (Å²) in [6, 6.07) is 0. The fourth-order valence-electron chi connectivity index (χ4n) is 0. The van der Waals surface area contributed by atoms with Crippen LogP contribution in [0.1, 0.15) is 13.8 Å². The average molecular weight is 476 g/mol. The van der Waals surface area contributed by atoms with E-state index < -0.39 is 24.1 Å². The summed E-state index contributed by atoms with van der Waals surface area (Å²) < 4.78 is 0. The van der Waals surface area contributed by atoms with E-state index in [1.807, 2.05) is 0 Å². The molecule has 2 radical (unpaired) electrons.